The first-order chi connectivity index (χ1) is 6.81. The number of nitrogens with one attached hydrogen (secondary N) is 1. The van der Waals surface area contributed by atoms with Gasteiger partial charge < -0.3 is 10.1 Å². The summed E-state index contributed by atoms with van der Waals surface area (Å²) in [4.78, 5) is 0. The van der Waals surface area contributed by atoms with Gasteiger partial charge in [0.05, 0.1) is 12.7 Å². The molecule has 2 saturated heterocycles. The van der Waals surface area contributed by atoms with Gasteiger partial charge in [-0.1, -0.05) is 13.8 Å². The summed E-state index contributed by atoms with van der Waals surface area (Å²) in [5.74, 6) is 0. The van der Waals surface area contributed by atoms with E-state index < -0.39 is 0 Å². The molecule has 1 spiro atoms. The van der Waals surface area contributed by atoms with Gasteiger partial charge in [0, 0.05) is 0 Å². The minimum Gasteiger partial charge on any atom is -0.378 e. The van der Waals surface area contributed by atoms with Crippen molar-refractivity contribution in [1.82, 2.24) is 5.32 Å². The molecule has 2 aliphatic rings. The van der Waals surface area contributed by atoms with Gasteiger partial charge >= 0.3 is 0 Å². The van der Waals surface area contributed by atoms with Gasteiger partial charge in [-0.2, -0.15) is 0 Å². The van der Waals surface area contributed by atoms with Gasteiger partial charge in [0.25, 0.3) is 0 Å². The van der Waals surface area contributed by atoms with Gasteiger partial charge in [-0.05, 0) is 51.1 Å². The van der Waals surface area contributed by atoms with Crippen LogP contribution in [0, 0.1) is 5.41 Å². The van der Waals surface area contributed by atoms with E-state index in [2.05, 4.69) is 12.2 Å². The molecule has 0 unspecified atom stereocenters. The van der Waals surface area contributed by atoms with E-state index in [0.717, 1.165) is 6.61 Å². The molecule has 2 nitrogen and oxygen atoms in total. The molecule has 0 saturated carbocycles. The topological polar surface area (TPSA) is 21.3 Å². The van der Waals surface area contributed by atoms with Crippen LogP contribution < -0.4 is 5.32 Å². The smallest absolute Gasteiger partial charge is 0.0547 e. The number of hydrogen-bond acceptors (Lipinski definition) is 2. The van der Waals surface area contributed by atoms with E-state index in [0.29, 0.717) is 11.5 Å². The molecule has 1 atom stereocenters. The molecule has 0 amide bonds. The Morgan fingerprint density at radius 3 is 2.29 bits per heavy atom. The number of hydrogen-bond donors (Lipinski definition) is 1. The Balaban J connectivity index is 0.000000461. The Hall–Kier alpha value is -0.0800. The summed E-state index contributed by atoms with van der Waals surface area (Å²) in [6.07, 6.45) is 5.79. The lowest BCUT2D eigenvalue weighted by molar-refractivity contribution is -0.0664. The van der Waals surface area contributed by atoms with E-state index in [1.165, 1.54) is 38.8 Å². The zero-order chi connectivity index (χ0) is 10.4. The van der Waals surface area contributed by atoms with Crippen molar-refractivity contribution in [3.05, 3.63) is 0 Å². The monoisotopic (exact) mass is 199 g/mol. The van der Waals surface area contributed by atoms with E-state index in [9.17, 15) is 0 Å². The van der Waals surface area contributed by atoms with Gasteiger partial charge in [-0.15, -0.1) is 0 Å². The molecule has 2 heterocycles. The normalized spacial score (nSPS) is 30.6. The molecular weight excluding hydrogens is 174 g/mol. The minimum atomic E-state index is 0.505. The third-order valence-electron chi connectivity index (χ3n) is 3.42. The first-order valence-corrected chi connectivity index (χ1v) is 6.13. The number of rotatable bonds is 0. The molecule has 2 aliphatic heterocycles. The van der Waals surface area contributed by atoms with Crippen LogP contribution in [0.3, 0.4) is 0 Å². The van der Waals surface area contributed by atoms with E-state index >= 15 is 0 Å². The lowest BCUT2D eigenvalue weighted by Gasteiger charge is -2.42. The van der Waals surface area contributed by atoms with Crippen molar-refractivity contribution in [2.24, 2.45) is 5.41 Å². The summed E-state index contributed by atoms with van der Waals surface area (Å²) in [5, 5.41) is 3.41. The van der Waals surface area contributed by atoms with Crippen molar-refractivity contribution in [1.29, 1.82) is 0 Å². The van der Waals surface area contributed by atoms with Crippen LogP contribution in [-0.2, 0) is 4.74 Å². The SMILES string of the molecule is CC.C[C@@H]1CCC2(CCNCC2)CO1. The predicted molar refractivity (Wildman–Crippen MR) is 60.5 cm³/mol. The zero-order valence-electron chi connectivity index (χ0n) is 9.94. The van der Waals surface area contributed by atoms with Crippen molar-refractivity contribution < 1.29 is 4.74 Å². The number of piperidine rings is 1. The molecule has 0 aromatic rings. The van der Waals surface area contributed by atoms with E-state index in [1.807, 2.05) is 13.8 Å². The molecule has 2 fully saturated rings. The molecule has 2 heteroatoms. The molecule has 2 rings (SSSR count). The highest BCUT2D eigenvalue weighted by Gasteiger charge is 2.35. The average Bonchev–Trinajstić information content (AvgIpc) is 2.27. The summed E-state index contributed by atoms with van der Waals surface area (Å²) < 4.78 is 5.74. The molecule has 0 bridgehead atoms. The Labute approximate surface area is 88.4 Å². The summed E-state index contributed by atoms with van der Waals surface area (Å²) in [6.45, 7) is 9.58. The summed E-state index contributed by atoms with van der Waals surface area (Å²) in [7, 11) is 0. The van der Waals surface area contributed by atoms with Crippen LogP contribution in [0.25, 0.3) is 0 Å². The Bertz CT molecular complexity index is 142. The first kappa shape index (κ1) is 12.0. The fraction of sp³-hybridized carbons (Fsp3) is 1.00. The van der Waals surface area contributed by atoms with Crippen LogP contribution in [0.1, 0.15) is 46.5 Å². The third kappa shape index (κ3) is 2.96. The van der Waals surface area contributed by atoms with Crippen molar-refractivity contribution in [2.75, 3.05) is 19.7 Å². The second kappa shape index (κ2) is 5.72. The fourth-order valence-electron chi connectivity index (χ4n) is 2.34. The quantitative estimate of drug-likeness (QED) is 0.647. The molecular formula is C12H25NO. The lowest BCUT2D eigenvalue weighted by atomic mass is 9.74. The van der Waals surface area contributed by atoms with Gasteiger partial charge in [-0.25, -0.2) is 0 Å². The van der Waals surface area contributed by atoms with Gasteiger partial charge in [-0.3, -0.25) is 0 Å². The summed E-state index contributed by atoms with van der Waals surface area (Å²) >= 11 is 0. The highest BCUT2D eigenvalue weighted by molar-refractivity contribution is 4.87. The summed E-state index contributed by atoms with van der Waals surface area (Å²) in [6, 6.07) is 0. The molecule has 0 aromatic heterocycles. The van der Waals surface area contributed by atoms with Crippen molar-refractivity contribution in [3.63, 3.8) is 0 Å². The lowest BCUT2D eigenvalue weighted by Crippen LogP contribution is -2.43. The van der Waals surface area contributed by atoms with Crippen LogP contribution in [-0.4, -0.2) is 25.8 Å². The fourth-order valence-corrected chi connectivity index (χ4v) is 2.34. The van der Waals surface area contributed by atoms with Crippen LogP contribution in [0.4, 0.5) is 0 Å². The molecule has 0 aliphatic carbocycles. The molecule has 14 heavy (non-hydrogen) atoms. The minimum absolute atomic E-state index is 0.505. The molecule has 1 N–H and O–H groups in total. The maximum atomic E-state index is 5.74. The van der Waals surface area contributed by atoms with E-state index in [-0.39, 0.29) is 0 Å². The van der Waals surface area contributed by atoms with Crippen LogP contribution in [0.5, 0.6) is 0 Å². The van der Waals surface area contributed by atoms with Crippen LogP contribution >= 0.6 is 0 Å². The predicted octanol–water partition coefficient (Wildman–Crippen LogP) is 2.58. The maximum Gasteiger partial charge on any atom is 0.0547 e. The largest absolute Gasteiger partial charge is 0.378 e. The zero-order valence-corrected chi connectivity index (χ0v) is 9.94. The second-order valence-corrected chi connectivity index (χ2v) is 4.41. The van der Waals surface area contributed by atoms with E-state index in [1.54, 1.807) is 0 Å². The standard InChI is InChI=1S/C10H19NO.C2H6/c1-9-2-3-10(8-12-9)4-6-11-7-5-10;1-2/h9,11H,2-8H2,1H3;1-2H3/t9-;/m1./s1. The maximum absolute atomic E-state index is 5.74. The Morgan fingerprint density at radius 1 is 1.14 bits per heavy atom. The highest BCUT2D eigenvalue weighted by atomic mass is 16.5. The Morgan fingerprint density at radius 2 is 1.79 bits per heavy atom. The van der Waals surface area contributed by atoms with Crippen molar-refractivity contribution in [2.45, 2.75) is 52.6 Å². The first-order valence-electron chi connectivity index (χ1n) is 6.13. The van der Waals surface area contributed by atoms with Gasteiger partial charge in [0.1, 0.15) is 0 Å². The van der Waals surface area contributed by atoms with Crippen LogP contribution in [0.15, 0.2) is 0 Å². The van der Waals surface area contributed by atoms with E-state index in [4.69, 9.17) is 4.74 Å². The van der Waals surface area contributed by atoms with Crippen molar-refractivity contribution in [3.8, 4) is 0 Å². The highest BCUT2D eigenvalue weighted by Crippen LogP contribution is 2.38. The molecule has 84 valence electrons. The average molecular weight is 199 g/mol. The van der Waals surface area contributed by atoms with Crippen LogP contribution in [0.2, 0.25) is 0 Å². The summed E-state index contributed by atoms with van der Waals surface area (Å²) in [5.41, 5.74) is 0.553. The number of ether oxygens (including phenoxy) is 1. The second-order valence-electron chi connectivity index (χ2n) is 4.41. The van der Waals surface area contributed by atoms with Gasteiger partial charge in [0.2, 0.25) is 0 Å². The Kier molecular flexibility index (Phi) is 4.90. The molecule has 0 radical (unpaired) electrons. The van der Waals surface area contributed by atoms with Gasteiger partial charge in [0.15, 0.2) is 0 Å². The third-order valence-corrected chi connectivity index (χ3v) is 3.42. The van der Waals surface area contributed by atoms with Crippen molar-refractivity contribution >= 4 is 0 Å². The molecule has 0 aromatic carbocycles.